The number of piperazine rings is 1. The number of H-pyrrole nitrogens is 1. The first-order valence-electron chi connectivity index (χ1n) is 15.8. The van der Waals surface area contributed by atoms with Crippen molar-refractivity contribution in [2.75, 3.05) is 50.7 Å². The molecule has 1 saturated carbocycles. The smallest absolute Gasteiger partial charge is 0.266 e. The molecule has 1 atom stereocenters. The van der Waals surface area contributed by atoms with Gasteiger partial charge in [-0.25, -0.2) is 0 Å². The van der Waals surface area contributed by atoms with Gasteiger partial charge in [-0.05, 0) is 68.7 Å². The number of amides is 2. The fourth-order valence-electron chi connectivity index (χ4n) is 6.28. The number of nitrogens with one attached hydrogen (secondary N) is 2. The summed E-state index contributed by atoms with van der Waals surface area (Å²) in [6.07, 6.45) is 8.00. The molecule has 3 heterocycles. The first-order chi connectivity index (χ1) is 20.9. The van der Waals surface area contributed by atoms with Gasteiger partial charge in [-0.15, -0.1) is 12.4 Å². The fourth-order valence-corrected chi connectivity index (χ4v) is 6.28. The molecule has 3 aliphatic rings. The molecule has 1 aliphatic carbocycles. The number of aromatic nitrogens is 2. The Morgan fingerprint density at radius 3 is 2.50 bits per heavy atom. The predicted molar refractivity (Wildman–Crippen MR) is 175 cm³/mol. The number of ether oxygens (including phenoxy) is 1. The summed E-state index contributed by atoms with van der Waals surface area (Å²) in [6, 6.07) is 16.5. The SMILES string of the molecule is CC(C)(Oc1cccc(N2CCCC(C(=O)N(Cc3ccc(-c4cn[nH]c4)cc3)CC3CC3)C2)c1)C(=O)N1CCNCC1.Cl. The van der Waals surface area contributed by atoms with Crippen molar-refractivity contribution in [1.29, 1.82) is 0 Å². The van der Waals surface area contributed by atoms with Crippen molar-refractivity contribution in [3.63, 3.8) is 0 Å². The number of carbonyl (C=O) groups is 2. The van der Waals surface area contributed by atoms with Gasteiger partial charge in [0.1, 0.15) is 5.75 Å². The molecule has 2 amide bonds. The standard InChI is InChI=1S/C34H44N6O3.ClH/c1-34(2,33(42)38-17-14-35-15-18-38)43-31-7-3-6-30(19-31)39-16-4-5-28(24-39)32(41)40(22-25-8-9-25)23-26-10-12-27(13-11-26)29-20-36-37-21-29;/h3,6-7,10-13,19-21,25,28,35H,4-5,8-9,14-18,22-24H2,1-2H3,(H,36,37);1H. The highest BCUT2D eigenvalue weighted by molar-refractivity contribution is 5.85. The lowest BCUT2D eigenvalue weighted by Crippen LogP contribution is -2.54. The van der Waals surface area contributed by atoms with Crippen LogP contribution in [0.15, 0.2) is 60.9 Å². The number of benzene rings is 2. The van der Waals surface area contributed by atoms with Crippen LogP contribution in [0.25, 0.3) is 11.1 Å². The van der Waals surface area contributed by atoms with Crippen molar-refractivity contribution in [3.05, 3.63) is 66.5 Å². The van der Waals surface area contributed by atoms with Gasteiger partial charge in [0.15, 0.2) is 5.60 Å². The molecule has 6 rings (SSSR count). The van der Waals surface area contributed by atoms with Crippen molar-refractivity contribution in [2.45, 2.75) is 51.7 Å². The second kappa shape index (κ2) is 14.0. The van der Waals surface area contributed by atoms with E-state index in [2.05, 4.69) is 55.6 Å². The maximum Gasteiger partial charge on any atom is 0.266 e. The van der Waals surface area contributed by atoms with Gasteiger partial charge in [0.25, 0.3) is 5.91 Å². The lowest BCUT2D eigenvalue weighted by Gasteiger charge is -2.37. The van der Waals surface area contributed by atoms with E-state index in [4.69, 9.17) is 4.74 Å². The Morgan fingerprint density at radius 2 is 1.80 bits per heavy atom. The predicted octanol–water partition coefficient (Wildman–Crippen LogP) is 4.74. The van der Waals surface area contributed by atoms with Gasteiger partial charge in [-0.3, -0.25) is 14.7 Å². The van der Waals surface area contributed by atoms with E-state index >= 15 is 0 Å². The quantitative estimate of drug-likeness (QED) is 0.340. The van der Waals surface area contributed by atoms with Crippen LogP contribution >= 0.6 is 12.4 Å². The Morgan fingerprint density at radius 1 is 1.02 bits per heavy atom. The summed E-state index contributed by atoms with van der Waals surface area (Å²) < 4.78 is 6.29. The van der Waals surface area contributed by atoms with Crippen LogP contribution in [0.1, 0.15) is 45.1 Å². The van der Waals surface area contributed by atoms with Gasteiger partial charge in [-0.1, -0.05) is 30.3 Å². The Hall–Kier alpha value is -3.56. The average molecular weight is 621 g/mol. The summed E-state index contributed by atoms with van der Waals surface area (Å²) in [5.74, 6) is 1.51. The minimum Gasteiger partial charge on any atom is -0.478 e. The van der Waals surface area contributed by atoms with Crippen molar-refractivity contribution in [3.8, 4) is 16.9 Å². The largest absolute Gasteiger partial charge is 0.478 e. The van der Waals surface area contributed by atoms with Crippen LogP contribution in [0, 0.1) is 11.8 Å². The van der Waals surface area contributed by atoms with Crippen molar-refractivity contribution < 1.29 is 14.3 Å². The van der Waals surface area contributed by atoms with Gasteiger partial charge in [0.05, 0.1) is 12.1 Å². The van der Waals surface area contributed by atoms with Crippen molar-refractivity contribution in [2.24, 2.45) is 11.8 Å². The third-order valence-corrected chi connectivity index (χ3v) is 8.89. The Labute approximate surface area is 266 Å². The molecule has 3 aromatic rings. The number of nitrogens with zero attached hydrogens (tertiary/aromatic N) is 4. The summed E-state index contributed by atoms with van der Waals surface area (Å²) in [6.45, 7) is 9.76. The zero-order valence-corrected chi connectivity index (χ0v) is 26.7. The van der Waals surface area contributed by atoms with Crippen LogP contribution in [0.5, 0.6) is 5.75 Å². The zero-order chi connectivity index (χ0) is 29.8. The Bertz CT molecular complexity index is 1390. The maximum absolute atomic E-state index is 14.0. The van der Waals surface area contributed by atoms with E-state index in [-0.39, 0.29) is 30.1 Å². The maximum atomic E-state index is 14.0. The van der Waals surface area contributed by atoms with Crippen LogP contribution in [0.2, 0.25) is 0 Å². The number of halogens is 1. The van der Waals surface area contributed by atoms with Crippen LogP contribution in [0.3, 0.4) is 0 Å². The molecule has 10 heteroatoms. The number of anilines is 1. The molecule has 0 radical (unpaired) electrons. The van der Waals surface area contributed by atoms with E-state index in [1.165, 1.54) is 12.8 Å². The van der Waals surface area contributed by atoms with E-state index in [1.807, 2.05) is 49.3 Å². The molecule has 2 aromatic carbocycles. The lowest BCUT2D eigenvalue weighted by atomic mass is 9.95. The van der Waals surface area contributed by atoms with Gasteiger partial charge in [0, 0.05) is 75.9 Å². The molecule has 44 heavy (non-hydrogen) atoms. The monoisotopic (exact) mass is 620 g/mol. The number of carbonyl (C=O) groups excluding carboxylic acids is 2. The highest BCUT2D eigenvalue weighted by Gasteiger charge is 2.36. The number of hydrogen-bond donors (Lipinski definition) is 2. The van der Waals surface area contributed by atoms with Gasteiger partial charge in [-0.2, -0.15) is 5.10 Å². The van der Waals surface area contributed by atoms with Crippen LogP contribution in [-0.2, 0) is 16.1 Å². The topological polar surface area (TPSA) is 93.8 Å². The number of aromatic amines is 1. The molecule has 1 unspecified atom stereocenters. The first-order valence-corrected chi connectivity index (χ1v) is 15.8. The van der Waals surface area contributed by atoms with Crippen molar-refractivity contribution in [1.82, 2.24) is 25.3 Å². The minimum absolute atomic E-state index is 0. The van der Waals surface area contributed by atoms with Gasteiger partial charge < -0.3 is 24.8 Å². The summed E-state index contributed by atoms with van der Waals surface area (Å²) in [4.78, 5) is 33.5. The minimum atomic E-state index is -0.962. The summed E-state index contributed by atoms with van der Waals surface area (Å²) in [7, 11) is 0. The molecule has 236 valence electrons. The second-order valence-electron chi connectivity index (χ2n) is 12.8. The van der Waals surface area contributed by atoms with Gasteiger partial charge in [0.2, 0.25) is 5.91 Å². The molecule has 1 aromatic heterocycles. The fraction of sp³-hybridized carbons (Fsp3) is 0.500. The summed E-state index contributed by atoms with van der Waals surface area (Å²) >= 11 is 0. The third kappa shape index (κ3) is 7.74. The molecular weight excluding hydrogens is 576 g/mol. The van der Waals surface area contributed by atoms with Crippen LogP contribution in [0.4, 0.5) is 5.69 Å². The first kappa shape index (κ1) is 31.9. The number of rotatable bonds is 10. The number of hydrogen-bond acceptors (Lipinski definition) is 6. The van der Waals surface area contributed by atoms with Crippen LogP contribution in [-0.4, -0.2) is 83.2 Å². The summed E-state index contributed by atoms with van der Waals surface area (Å²) in [5, 5.41) is 10.2. The normalized spacial score (nSPS) is 18.8. The van der Waals surface area contributed by atoms with E-state index in [0.717, 1.165) is 61.4 Å². The van der Waals surface area contributed by atoms with E-state index in [0.29, 0.717) is 37.8 Å². The van der Waals surface area contributed by atoms with Crippen LogP contribution < -0.4 is 15.0 Å². The Balaban J connectivity index is 0.00000384. The lowest BCUT2D eigenvalue weighted by molar-refractivity contribution is -0.146. The molecule has 2 saturated heterocycles. The Kier molecular flexibility index (Phi) is 10.2. The molecule has 2 aliphatic heterocycles. The van der Waals surface area contributed by atoms with E-state index in [9.17, 15) is 9.59 Å². The highest BCUT2D eigenvalue weighted by atomic mass is 35.5. The zero-order valence-electron chi connectivity index (χ0n) is 25.8. The average Bonchev–Trinajstić information content (AvgIpc) is 3.69. The number of piperidine rings is 1. The molecule has 9 nitrogen and oxygen atoms in total. The molecule has 2 N–H and O–H groups in total. The van der Waals surface area contributed by atoms with Gasteiger partial charge >= 0.3 is 0 Å². The highest BCUT2D eigenvalue weighted by Crippen LogP contribution is 2.33. The molecular formula is C34H45ClN6O3. The second-order valence-corrected chi connectivity index (χ2v) is 12.8. The van der Waals surface area contributed by atoms with E-state index < -0.39 is 5.60 Å². The van der Waals surface area contributed by atoms with Crippen molar-refractivity contribution >= 4 is 29.9 Å². The molecule has 0 spiro atoms. The third-order valence-electron chi connectivity index (χ3n) is 8.89. The summed E-state index contributed by atoms with van der Waals surface area (Å²) in [5.41, 5.74) is 3.39. The molecule has 0 bridgehead atoms. The van der Waals surface area contributed by atoms with E-state index in [1.54, 1.807) is 0 Å². The molecule has 3 fully saturated rings.